The van der Waals surface area contributed by atoms with Gasteiger partial charge in [-0.1, -0.05) is 0 Å². The molecule has 20 heavy (non-hydrogen) atoms. The first-order chi connectivity index (χ1) is 9.49. The molecule has 0 bridgehead atoms. The largest absolute Gasteiger partial charge is 0.299 e. The highest BCUT2D eigenvalue weighted by molar-refractivity contribution is 7.89. The third-order valence-corrected chi connectivity index (χ3v) is 5.78. The number of hydrogen-bond donors (Lipinski definition) is 0. The number of sulfonamides is 1. The second kappa shape index (κ2) is 6.69. The normalized spacial score (nSPS) is 20.9. The van der Waals surface area contributed by atoms with Crippen molar-refractivity contribution in [1.82, 2.24) is 19.0 Å². The first kappa shape index (κ1) is 15.5. The van der Waals surface area contributed by atoms with Crippen molar-refractivity contribution < 1.29 is 8.42 Å². The van der Waals surface area contributed by atoms with Gasteiger partial charge in [-0.15, -0.1) is 0 Å². The van der Waals surface area contributed by atoms with Crippen LogP contribution >= 0.6 is 0 Å². The summed E-state index contributed by atoms with van der Waals surface area (Å²) in [5.41, 5.74) is 0. The Morgan fingerprint density at radius 2 is 2.20 bits per heavy atom. The standard InChI is InChI=1S/C13H24N4O2S/c1-15(2)20(18,19)11-5-9-16-8-3-6-13(16)12-17-10-4-7-14-17/h4,7,10,13H,3,5-6,8-9,11-12H2,1-2H3/t13-/m1/s1. The molecule has 1 aliphatic rings. The summed E-state index contributed by atoms with van der Waals surface area (Å²) in [6.45, 7) is 2.81. The van der Waals surface area contributed by atoms with Crippen LogP contribution in [-0.2, 0) is 16.6 Å². The lowest BCUT2D eigenvalue weighted by Gasteiger charge is -2.24. The van der Waals surface area contributed by atoms with Gasteiger partial charge in [0.15, 0.2) is 0 Å². The van der Waals surface area contributed by atoms with E-state index in [1.165, 1.54) is 17.1 Å². The number of hydrogen-bond acceptors (Lipinski definition) is 4. The summed E-state index contributed by atoms with van der Waals surface area (Å²) in [6, 6.07) is 2.42. The van der Waals surface area contributed by atoms with E-state index >= 15 is 0 Å². The molecule has 1 fully saturated rings. The zero-order valence-corrected chi connectivity index (χ0v) is 13.1. The topological polar surface area (TPSA) is 58.4 Å². The van der Waals surface area contributed by atoms with Crippen LogP contribution in [-0.4, -0.2) is 66.4 Å². The Morgan fingerprint density at radius 1 is 1.40 bits per heavy atom. The minimum absolute atomic E-state index is 0.227. The Labute approximate surface area is 121 Å². The van der Waals surface area contributed by atoms with Crippen molar-refractivity contribution in [2.24, 2.45) is 0 Å². The molecule has 0 N–H and O–H groups in total. The number of rotatable bonds is 7. The van der Waals surface area contributed by atoms with E-state index < -0.39 is 10.0 Å². The van der Waals surface area contributed by atoms with Gasteiger partial charge < -0.3 is 0 Å². The van der Waals surface area contributed by atoms with Crippen molar-refractivity contribution >= 4 is 10.0 Å². The van der Waals surface area contributed by atoms with Gasteiger partial charge in [-0.25, -0.2) is 12.7 Å². The molecule has 0 radical (unpaired) electrons. The van der Waals surface area contributed by atoms with Crippen molar-refractivity contribution in [2.75, 3.05) is 32.9 Å². The molecule has 0 saturated carbocycles. The molecule has 114 valence electrons. The first-order valence-electron chi connectivity index (χ1n) is 7.11. The zero-order chi connectivity index (χ0) is 14.6. The molecule has 1 aromatic heterocycles. The molecule has 1 saturated heterocycles. The number of nitrogens with zero attached hydrogens (tertiary/aromatic N) is 4. The van der Waals surface area contributed by atoms with Crippen LogP contribution in [0.25, 0.3) is 0 Å². The average molecular weight is 300 g/mol. The van der Waals surface area contributed by atoms with Crippen LogP contribution in [0.2, 0.25) is 0 Å². The maximum absolute atomic E-state index is 11.7. The molecule has 0 unspecified atom stereocenters. The van der Waals surface area contributed by atoms with Crippen LogP contribution in [0.15, 0.2) is 18.5 Å². The highest BCUT2D eigenvalue weighted by atomic mass is 32.2. The highest BCUT2D eigenvalue weighted by Crippen LogP contribution is 2.19. The molecule has 1 atom stereocenters. The summed E-state index contributed by atoms with van der Waals surface area (Å²) in [4.78, 5) is 2.40. The Morgan fingerprint density at radius 3 is 2.85 bits per heavy atom. The van der Waals surface area contributed by atoms with E-state index in [0.29, 0.717) is 12.5 Å². The van der Waals surface area contributed by atoms with E-state index in [2.05, 4.69) is 10.00 Å². The summed E-state index contributed by atoms with van der Waals surface area (Å²) < 4.78 is 26.7. The number of aromatic nitrogens is 2. The zero-order valence-electron chi connectivity index (χ0n) is 12.3. The highest BCUT2D eigenvalue weighted by Gasteiger charge is 2.25. The van der Waals surface area contributed by atoms with Crippen LogP contribution in [0.4, 0.5) is 0 Å². The van der Waals surface area contributed by atoms with Gasteiger partial charge in [0.1, 0.15) is 0 Å². The van der Waals surface area contributed by atoms with Crippen LogP contribution < -0.4 is 0 Å². The second-order valence-electron chi connectivity index (χ2n) is 5.51. The van der Waals surface area contributed by atoms with Gasteiger partial charge in [0.05, 0.1) is 12.3 Å². The van der Waals surface area contributed by atoms with Gasteiger partial charge in [0, 0.05) is 32.5 Å². The summed E-state index contributed by atoms with van der Waals surface area (Å²) in [5, 5.41) is 4.24. The van der Waals surface area contributed by atoms with Crippen LogP contribution in [0.5, 0.6) is 0 Å². The third kappa shape index (κ3) is 4.04. The van der Waals surface area contributed by atoms with Crippen LogP contribution in [0.3, 0.4) is 0 Å². The fourth-order valence-corrected chi connectivity index (χ4v) is 3.51. The molecule has 0 aromatic carbocycles. The molecule has 0 amide bonds. The fourth-order valence-electron chi connectivity index (χ4n) is 2.65. The minimum atomic E-state index is -3.07. The molecule has 2 rings (SSSR count). The average Bonchev–Trinajstić information content (AvgIpc) is 3.02. The van der Waals surface area contributed by atoms with E-state index in [4.69, 9.17) is 0 Å². The van der Waals surface area contributed by atoms with Gasteiger partial charge in [-0.3, -0.25) is 9.58 Å². The Balaban J connectivity index is 1.80. The van der Waals surface area contributed by atoms with Gasteiger partial charge in [0.25, 0.3) is 0 Å². The molecule has 1 aliphatic heterocycles. The smallest absolute Gasteiger partial charge is 0.213 e. The SMILES string of the molecule is CN(C)S(=O)(=O)CCCN1CCC[C@@H]1Cn1cccn1. The minimum Gasteiger partial charge on any atom is -0.299 e. The first-order valence-corrected chi connectivity index (χ1v) is 8.71. The van der Waals surface area contributed by atoms with Crippen molar-refractivity contribution in [3.8, 4) is 0 Å². The quantitative estimate of drug-likeness (QED) is 0.741. The van der Waals surface area contributed by atoms with Crippen LogP contribution in [0, 0.1) is 0 Å². The Bertz CT molecular complexity index is 498. The molecule has 6 nitrogen and oxygen atoms in total. The lowest BCUT2D eigenvalue weighted by atomic mass is 10.2. The van der Waals surface area contributed by atoms with Crippen molar-refractivity contribution in [1.29, 1.82) is 0 Å². The predicted octanol–water partition coefficient (Wildman–Crippen LogP) is 0.629. The molecule has 1 aromatic rings. The Kier molecular flexibility index (Phi) is 5.17. The van der Waals surface area contributed by atoms with Gasteiger partial charge in [0.2, 0.25) is 10.0 Å². The Hall–Kier alpha value is -0.920. The lowest BCUT2D eigenvalue weighted by molar-refractivity contribution is 0.227. The summed E-state index contributed by atoms with van der Waals surface area (Å²) in [7, 11) is 0.110. The summed E-state index contributed by atoms with van der Waals surface area (Å²) in [5.74, 6) is 0.227. The number of likely N-dealkylation sites (tertiary alicyclic amines) is 1. The molecule has 2 heterocycles. The monoisotopic (exact) mass is 300 g/mol. The van der Waals surface area contributed by atoms with E-state index in [1.54, 1.807) is 20.3 Å². The lowest BCUT2D eigenvalue weighted by Crippen LogP contribution is -2.35. The maximum atomic E-state index is 11.7. The summed E-state index contributed by atoms with van der Waals surface area (Å²) in [6.07, 6.45) is 6.82. The molecular weight excluding hydrogens is 276 g/mol. The van der Waals surface area contributed by atoms with E-state index in [0.717, 1.165) is 19.6 Å². The van der Waals surface area contributed by atoms with E-state index in [1.807, 2.05) is 16.9 Å². The van der Waals surface area contributed by atoms with E-state index in [9.17, 15) is 8.42 Å². The maximum Gasteiger partial charge on any atom is 0.213 e. The van der Waals surface area contributed by atoms with Gasteiger partial charge in [-0.05, 0) is 38.4 Å². The fraction of sp³-hybridized carbons (Fsp3) is 0.769. The molecular formula is C13H24N4O2S. The molecule has 0 spiro atoms. The molecule has 7 heteroatoms. The summed E-state index contributed by atoms with van der Waals surface area (Å²) >= 11 is 0. The van der Waals surface area contributed by atoms with Gasteiger partial charge in [-0.2, -0.15) is 5.10 Å². The van der Waals surface area contributed by atoms with Gasteiger partial charge >= 0.3 is 0 Å². The third-order valence-electron chi connectivity index (χ3n) is 3.86. The van der Waals surface area contributed by atoms with Crippen molar-refractivity contribution in [3.63, 3.8) is 0 Å². The second-order valence-corrected chi connectivity index (χ2v) is 7.81. The van der Waals surface area contributed by atoms with E-state index in [-0.39, 0.29) is 5.75 Å². The van der Waals surface area contributed by atoms with Crippen molar-refractivity contribution in [3.05, 3.63) is 18.5 Å². The molecule has 0 aliphatic carbocycles. The predicted molar refractivity (Wildman–Crippen MR) is 78.9 cm³/mol. The van der Waals surface area contributed by atoms with Crippen molar-refractivity contribution in [2.45, 2.75) is 31.8 Å². The van der Waals surface area contributed by atoms with Crippen LogP contribution in [0.1, 0.15) is 19.3 Å².